The molecule has 0 aromatic heterocycles. The molecule has 0 heterocycles. The Morgan fingerprint density at radius 3 is 2.71 bits per heavy atom. The number of aliphatic hydroxyl groups excluding tert-OH is 1. The van der Waals surface area contributed by atoms with Crippen LogP contribution in [-0.4, -0.2) is 41.2 Å². The van der Waals surface area contributed by atoms with E-state index in [9.17, 15) is 4.79 Å². The van der Waals surface area contributed by atoms with Gasteiger partial charge in [-0.25, -0.2) is 0 Å². The van der Waals surface area contributed by atoms with Crippen LogP contribution in [0.1, 0.15) is 38.5 Å². The Kier molecular flexibility index (Phi) is 6.92. The van der Waals surface area contributed by atoms with Gasteiger partial charge in [0.05, 0.1) is 0 Å². The molecule has 0 bridgehead atoms. The molecule has 0 saturated heterocycles. The van der Waals surface area contributed by atoms with Crippen LogP contribution in [0.15, 0.2) is 0 Å². The number of aliphatic hydroxyl groups is 1. The molecule has 1 amide bonds. The Morgan fingerprint density at radius 2 is 2.06 bits per heavy atom. The summed E-state index contributed by atoms with van der Waals surface area (Å²) in [4.78, 5) is 11.7. The number of nitrogens with two attached hydrogens (primary N) is 1. The Hall–Kier alpha value is -0.260. The van der Waals surface area contributed by atoms with Crippen LogP contribution in [0.3, 0.4) is 0 Å². The van der Waals surface area contributed by atoms with Crippen LogP contribution in [0.5, 0.6) is 0 Å². The second kappa shape index (κ2) is 7.95. The summed E-state index contributed by atoms with van der Waals surface area (Å²) in [6.07, 6.45) is 5.55. The quantitative estimate of drug-likeness (QED) is 0.566. The first-order valence-corrected chi connectivity index (χ1v) is 7.56. The summed E-state index contributed by atoms with van der Waals surface area (Å²) < 4.78 is 0. The van der Waals surface area contributed by atoms with Crippen molar-refractivity contribution >= 4 is 17.7 Å². The normalized spacial score (nSPS) is 18.2. The lowest BCUT2D eigenvalue weighted by Gasteiger charge is -2.22. The summed E-state index contributed by atoms with van der Waals surface area (Å²) in [5, 5.41) is 11.5. The Bertz CT molecular complexity index is 231. The Labute approximate surface area is 108 Å². The van der Waals surface area contributed by atoms with E-state index in [1.165, 1.54) is 0 Å². The molecule has 4 N–H and O–H groups in total. The zero-order chi connectivity index (χ0) is 12.6. The van der Waals surface area contributed by atoms with E-state index in [1.54, 1.807) is 11.8 Å². The minimum absolute atomic E-state index is 0.0807. The van der Waals surface area contributed by atoms with Crippen molar-refractivity contribution in [1.29, 1.82) is 0 Å². The fourth-order valence-corrected chi connectivity index (χ4v) is 2.95. The number of thioether (sulfide) groups is 1. The van der Waals surface area contributed by atoms with Crippen LogP contribution in [0.4, 0.5) is 0 Å². The number of carbonyl (C=O) groups is 1. The molecule has 4 nitrogen and oxygen atoms in total. The van der Waals surface area contributed by atoms with Gasteiger partial charge in [-0.15, -0.1) is 0 Å². The van der Waals surface area contributed by atoms with Gasteiger partial charge < -0.3 is 16.2 Å². The molecule has 100 valence electrons. The molecular formula is C12H24N2O2S. The molecule has 1 aliphatic rings. The predicted molar refractivity (Wildman–Crippen MR) is 72.0 cm³/mol. The predicted octanol–water partition coefficient (Wildman–Crippen LogP) is 0.880. The molecule has 1 fully saturated rings. The minimum Gasteiger partial charge on any atom is -0.396 e. The second-order valence-corrected chi connectivity index (χ2v) is 6.01. The van der Waals surface area contributed by atoms with Crippen molar-refractivity contribution in [2.45, 2.75) is 44.1 Å². The molecule has 0 atom stereocenters. The van der Waals surface area contributed by atoms with Crippen LogP contribution in [0.25, 0.3) is 0 Å². The van der Waals surface area contributed by atoms with Crippen LogP contribution >= 0.6 is 11.8 Å². The minimum atomic E-state index is -0.242. The molecule has 0 aliphatic heterocycles. The third-order valence-electron chi connectivity index (χ3n) is 3.13. The Morgan fingerprint density at radius 1 is 1.35 bits per heavy atom. The average molecular weight is 260 g/mol. The monoisotopic (exact) mass is 260 g/mol. The molecule has 0 radical (unpaired) electrons. The van der Waals surface area contributed by atoms with Gasteiger partial charge in [-0.05, 0) is 25.0 Å². The van der Waals surface area contributed by atoms with E-state index in [0.29, 0.717) is 13.0 Å². The van der Waals surface area contributed by atoms with Crippen LogP contribution in [0, 0.1) is 0 Å². The lowest BCUT2D eigenvalue weighted by molar-refractivity contribution is -0.122. The van der Waals surface area contributed by atoms with Crippen LogP contribution < -0.4 is 11.1 Å². The third kappa shape index (κ3) is 6.29. The smallest absolute Gasteiger partial charge is 0.221 e. The van der Waals surface area contributed by atoms with Gasteiger partial charge in [-0.2, -0.15) is 11.8 Å². The summed E-state index contributed by atoms with van der Waals surface area (Å²) in [5.41, 5.74) is 5.89. The molecule has 0 unspecified atom stereocenters. The number of hydrogen-bond donors (Lipinski definition) is 3. The summed E-state index contributed by atoms with van der Waals surface area (Å²) in [6.45, 7) is 0.945. The number of hydrogen-bond acceptors (Lipinski definition) is 4. The topological polar surface area (TPSA) is 75.4 Å². The highest BCUT2D eigenvalue weighted by Crippen LogP contribution is 2.29. The molecule has 0 spiro atoms. The van der Waals surface area contributed by atoms with Crippen molar-refractivity contribution in [1.82, 2.24) is 5.32 Å². The molecular weight excluding hydrogens is 236 g/mol. The van der Waals surface area contributed by atoms with Gasteiger partial charge in [0.1, 0.15) is 0 Å². The summed E-state index contributed by atoms with van der Waals surface area (Å²) in [6, 6.07) is 0. The van der Waals surface area contributed by atoms with Crippen LogP contribution in [-0.2, 0) is 4.79 Å². The summed E-state index contributed by atoms with van der Waals surface area (Å²) in [7, 11) is 0. The van der Waals surface area contributed by atoms with E-state index in [2.05, 4.69) is 5.32 Å². The van der Waals surface area contributed by atoms with Crippen LogP contribution in [0.2, 0.25) is 0 Å². The lowest BCUT2D eigenvalue weighted by Crippen LogP contribution is -2.42. The van der Waals surface area contributed by atoms with Gasteiger partial charge in [0.2, 0.25) is 5.91 Å². The zero-order valence-corrected chi connectivity index (χ0v) is 11.2. The van der Waals surface area contributed by atoms with E-state index in [-0.39, 0.29) is 18.1 Å². The highest BCUT2D eigenvalue weighted by molar-refractivity contribution is 7.99. The molecule has 0 aromatic rings. The average Bonchev–Trinajstić information content (AvgIpc) is 2.70. The van der Waals surface area contributed by atoms with Gasteiger partial charge in [0.15, 0.2) is 0 Å². The molecule has 1 saturated carbocycles. The first kappa shape index (κ1) is 14.8. The second-order valence-electron chi connectivity index (χ2n) is 4.79. The van der Waals surface area contributed by atoms with Gasteiger partial charge >= 0.3 is 0 Å². The maximum absolute atomic E-state index is 11.7. The molecule has 1 aliphatic carbocycles. The van der Waals surface area contributed by atoms with Gasteiger partial charge in [-0.3, -0.25) is 4.79 Å². The van der Waals surface area contributed by atoms with Crippen molar-refractivity contribution in [2.75, 3.05) is 24.7 Å². The third-order valence-corrected chi connectivity index (χ3v) is 4.20. The zero-order valence-electron chi connectivity index (χ0n) is 10.4. The van der Waals surface area contributed by atoms with Crippen molar-refractivity contribution in [2.24, 2.45) is 5.73 Å². The largest absolute Gasteiger partial charge is 0.396 e. The maximum atomic E-state index is 11.7. The lowest BCUT2D eigenvalue weighted by atomic mass is 9.94. The molecule has 17 heavy (non-hydrogen) atoms. The standard InChI is InChI=1S/C12H24N2O2S/c13-12(4-1-2-5-12)10-11(16)14-6-9-17-8-3-7-15/h15H,1-10,13H2,(H,14,16). The fraction of sp³-hybridized carbons (Fsp3) is 0.917. The highest BCUT2D eigenvalue weighted by Gasteiger charge is 2.31. The molecule has 0 aromatic carbocycles. The van der Waals surface area contributed by atoms with Crippen molar-refractivity contribution in [3.05, 3.63) is 0 Å². The van der Waals surface area contributed by atoms with Gasteiger partial charge in [0.25, 0.3) is 0 Å². The Balaban J connectivity index is 2.01. The first-order chi connectivity index (χ1) is 8.16. The maximum Gasteiger partial charge on any atom is 0.221 e. The van der Waals surface area contributed by atoms with Gasteiger partial charge in [-0.1, -0.05) is 12.8 Å². The van der Waals surface area contributed by atoms with Crippen molar-refractivity contribution in [3.8, 4) is 0 Å². The summed E-state index contributed by atoms with van der Waals surface area (Å²) >= 11 is 1.76. The van der Waals surface area contributed by atoms with E-state index in [0.717, 1.165) is 43.6 Å². The number of carbonyl (C=O) groups excluding carboxylic acids is 1. The molecule has 5 heteroatoms. The number of amides is 1. The van der Waals surface area contributed by atoms with E-state index in [1.807, 2.05) is 0 Å². The first-order valence-electron chi connectivity index (χ1n) is 6.40. The number of rotatable bonds is 8. The van der Waals surface area contributed by atoms with Gasteiger partial charge in [0, 0.05) is 30.9 Å². The fourth-order valence-electron chi connectivity index (χ4n) is 2.17. The SMILES string of the molecule is NC1(CC(=O)NCCSCCCO)CCCC1. The van der Waals surface area contributed by atoms with E-state index in [4.69, 9.17) is 10.8 Å². The van der Waals surface area contributed by atoms with E-state index < -0.39 is 0 Å². The molecule has 1 rings (SSSR count). The highest BCUT2D eigenvalue weighted by atomic mass is 32.2. The van der Waals surface area contributed by atoms with Crippen molar-refractivity contribution in [3.63, 3.8) is 0 Å². The van der Waals surface area contributed by atoms with E-state index >= 15 is 0 Å². The summed E-state index contributed by atoms with van der Waals surface area (Å²) in [5.74, 6) is 1.94. The number of nitrogens with one attached hydrogen (secondary N) is 1. The van der Waals surface area contributed by atoms with Crippen molar-refractivity contribution < 1.29 is 9.90 Å².